The van der Waals surface area contributed by atoms with Crippen LogP contribution in [0, 0.1) is 11.3 Å². The summed E-state index contributed by atoms with van der Waals surface area (Å²) in [7, 11) is 0. The van der Waals surface area contributed by atoms with Crippen molar-refractivity contribution >= 4 is 21.8 Å². The molecule has 0 aliphatic carbocycles. The van der Waals surface area contributed by atoms with Crippen molar-refractivity contribution in [1.82, 2.24) is 4.90 Å². The Morgan fingerprint density at radius 2 is 2.06 bits per heavy atom. The molecule has 1 aliphatic heterocycles. The maximum absolute atomic E-state index is 12.3. The van der Waals surface area contributed by atoms with E-state index < -0.39 is 0 Å². The van der Waals surface area contributed by atoms with Crippen LogP contribution in [0.5, 0.6) is 0 Å². The molecule has 100 valence electrons. The Labute approximate surface area is 114 Å². The van der Waals surface area contributed by atoms with Crippen molar-refractivity contribution in [3.63, 3.8) is 0 Å². The van der Waals surface area contributed by atoms with Crippen molar-refractivity contribution in [3.05, 3.63) is 0 Å². The Morgan fingerprint density at radius 1 is 1.41 bits per heavy atom. The van der Waals surface area contributed by atoms with Gasteiger partial charge in [-0.2, -0.15) is 0 Å². The molecule has 0 aromatic rings. The molecule has 1 heterocycles. The summed E-state index contributed by atoms with van der Waals surface area (Å²) < 4.78 is 0. The van der Waals surface area contributed by atoms with Crippen LogP contribution in [0.4, 0.5) is 0 Å². The SMILES string of the molecule is CC(CC(=O)N1CCCCC1CBr)C(C)(C)C. The van der Waals surface area contributed by atoms with Crippen LogP contribution < -0.4 is 0 Å². The monoisotopic (exact) mass is 303 g/mol. The zero-order valence-corrected chi connectivity index (χ0v) is 13.2. The van der Waals surface area contributed by atoms with Gasteiger partial charge in [0, 0.05) is 24.3 Å². The number of carbonyl (C=O) groups is 1. The van der Waals surface area contributed by atoms with E-state index in [2.05, 4.69) is 48.5 Å². The largest absolute Gasteiger partial charge is 0.339 e. The quantitative estimate of drug-likeness (QED) is 0.726. The second-order valence-corrected chi connectivity index (χ2v) is 7.01. The third kappa shape index (κ3) is 4.27. The van der Waals surface area contributed by atoms with Gasteiger partial charge in [-0.25, -0.2) is 0 Å². The maximum atomic E-state index is 12.3. The first-order valence-electron chi connectivity index (χ1n) is 6.71. The van der Waals surface area contributed by atoms with Gasteiger partial charge in [-0.05, 0) is 30.6 Å². The highest BCUT2D eigenvalue weighted by Crippen LogP contribution is 2.29. The molecule has 2 unspecified atom stereocenters. The first-order valence-corrected chi connectivity index (χ1v) is 7.84. The van der Waals surface area contributed by atoms with Gasteiger partial charge >= 0.3 is 0 Å². The van der Waals surface area contributed by atoms with Gasteiger partial charge in [0.2, 0.25) is 5.91 Å². The summed E-state index contributed by atoms with van der Waals surface area (Å²) in [5.74, 6) is 0.782. The number of hydrogen-bond acceptors (Lipinski definition) is 1. The Hall–Kier alpha value is -0.0500. The number of rotatable bonds is 3. The van der Waals surface area contributed by atoms with Crippen molar-refractivity contribution < 1.29 is 4.79 Å². The molecule has 0 radical (unpaired) electrons. The third-order valence-electron chi connectivity index (χ3n) is 4.08. The second kappa shape index (κ2) is 6.21. The highest BCUT2D eigenvalue weighted by atomic mass is 79.9. The molecular weight excluding hydrogens is 278 g/mol. The molecular formula is C14H26BrNO. The van der Waals surface area contributed by atoms with Gasteiger partial charge in [0.05, 0.1) is 0 Å². The van der Waals surface area contributed by atoms with E-state index in [0.29, 0.717) is 24.3 Å². The van der Waals surface area contributed by atoms with E-state index in [1.807, 2.05) is 0 Å². The van der Waals surface area contributed by atoms with Gasteiger partial charge in [-0.15, -0.1) is 0 Å². The fourth-order valence-corrected chi connectivity index (χ4v) is 2.85. The molecule has 3 heteroatoms. The lowest BCUT2D eigenvalue weighted by Crippen LogP contribution is -2.45. The summed E-state index contributed by atoms with van der Waals surface area (Å²) in [5.41, 5.74) is 0.218. The summed E-state index contributed by atoms with van der Waals surface area (Å²) in [6.07, 6.45) is 4.27. The van der Waals surface area contributed by atoms with Gasteiger partial charge in [-0.1, -0.05) is 43.6 Å². The van der Waals surface area contributed by atoms with Crippen LogP contribution in [0.15, 0.2) is 0 Å². The molecule has 1 fully saturated rings. The van der Waals surface area contributed by atoms with Crippen molar-refractivity contribution in [2.45, 2.75) is 59.4 Å². The van der Waals surface area contributed by atoms with Crippen LogP contribution in [-0.4, -0.2) is 28.7 Å². The number of alkyl halides is 1. The summed E-state index contributed by atoms with van der Waals surface area (Å²) in [6, 6.07) is 0.420. The van der Waals surface area contributed by atoms with E-state index in [4.69, 9.17) is 0 Å². The predicted octanol–water partition coefficient (Wildman–Crippen LogP) is 3.83. The third-order valence-corrected chi connectivity index (χ3v) is 4.83. The molecule has 1 saturated heterocycles. The maximum Gasteiger partial charge on any atom is 0.223 e. The molecule has 0 spiro atoms. The number of hydrogen-bond donors (Lipinski definition) is 0. The highest BCUT2D eigenvalue weighted by molar-refractivity contribution is 9.09. The topological polar surface area (TPSA) is 20.3 Å². The van der Waals surface area contributed by atoms with Gasteiger partial charge in [-0.3, -0.25) is 4.79 Å². The highest BCUT2D eigenvalue weighted by Gasteiger charge is 2.29. The van der Waals surface area contributed by atoms with E-state index in [0.717, 1.165) is 18.3 Å². The van der Waals surface area contributed by atoms with Crippen molar-refractivity contribution in [1.29, 1.82) is 0 Å². The van der Waals surface area contributed by atoms with Crippen LogP contribution >= 0.6 is 15.9 Å². The standard InChI is InChI=1S/C14H26BrNO/c1-11(14(2,3)4)9-13(17)16-8-6-5-7-12(16)10-15/h11-12H,5-10H2,1-4H3. The van der Waals surface area contributed by atoms with Crippen molar-refractivity contribution in [2.24, 2.45) is 11.3 Å². The van der Waals surface area contributed by atoms with Crippen LogP contribution in [-0.2, 0) is 4.79 Å². The minimum atomic E-state index is 0.218. The summed E-state index contributed by atoms with van der Waals surface area (Å²) in [4.78, 5) is 14.4. The van der Waals surface area contributed by atoms with Gasteiger partial charge in [0.25, 0.3) is 0 Å². The van der Waals surface area contributed by atoms with Gasteiger partial charge < -0.3 is 4.90 Å². The lowest BCUT2D eigenvalue weighted by molar-refractivity contribution is -0.136. The predicted molar refractivity (Wildman–Crippen MR) is 76.4 cm³/mol. The first kappa shape index (κ1) is 15.0. The minimum absolute atomic E-state index is 0.218. The molecule has 1 rings (SSSR count). The lowest BCUT2D eigenvalue weighted by atomic mass is 9.80. The van der Waals surface area contributed by atoms with Crippen LogP contribution in [0.2, 0.25) is 0 Å². The summed E-state index contributed by atoms with van der Waals surface area (Å²) in [6.45, 7) is 9.77. The molecule has 2 atom stereocenters. The Kier molecular flexibility index (Phi) is 5.49. The summed E-state index contributed by atoms with van der Waals surface area (Å²) in [5, 5.41) is 0.919. The van der Waals surface area contributed by atoms with Gasteiger partial charge in [0.1, 0.15) is 0 Å². The van der Waals surface area contributed by atoms with Gasteiger partial charge in [0.15, 0.2) is 0 Å². The molecule has 17 heavy (non-hydrogen) atoms. The fraction of sp³-hybridized carbons (Fsp3) is 0.929. The molecule has 1 amide bonds. The Bertz CT molecular complexity index is 259. The molecule has 0 saturated carbocycles. The number of carbonyl (C=O) groups excluding carboxylic acids is 1. The molecule has 0 bridgehead atoms. The van der Waals surface area contributed by atoms with E-state index in [9.17, 15) is 4.79 Å². The normalized spacial score (nSPS) is 23.6. The second-order valence-electron chi connectivity index (χ2n) is 6.36. The number of piperidine rings is 1. The van der Waals surface area contributed by atoms with Crippen molar-refractivity contribution in [2.75, 3.05) is 11.9 Å². The first-order chi connectivity index (χ1) is 7.86. The molecule has 0 N–H and O–H groups in total. The molecule has 2 nitrogen and oxygen atoms in total. The van der Waals surface area contributed by atoms with E-state index in [-0.39, 0.29) is 5.41 Å². The minimum Gasteiger partial charge on any atom is -0.339 e. The number of halogens is 1. The number of nitrogens with zero attached hydrogens (tertiary/aromatic N) is 1. The molecule has 1 aliphatic rings. The van der Waals surface area contributed by atoms with Crippen LogP contribution in [0.25, 0.3) is 0 Å². The van der Waals surface area contributed by atoms with E-state index >= 15 is 0 Å². The Morgan fingerprint density at radius 3 is 2.59 bits per heavy atom. The average molecular weight is 304 g/mol. The molecule has 0 aromatic heterocycles. The Balaban J connectivity index is 2.56. The zero-order chi connectivity index (χ0) is 13.1. The average Bonchev–Trinajstić information content (AvgIpc) is 2.27. The summed E-state index contributed by atoms with van der Waals surface area (Å²) >= 11 is 3.53. The smallest absolute Gasteiger partial charge is 0.223 e. The number of likely N-dealkylation sites (tertiary alicyclic amines) is 1. The van der Waals surface area contributed by atoms with Crippen molar-refractivity contribution in [3.8, 4) is 0 Å². The van der Waals surface area contributed by atoms with Crippen LogP contribution in [0.3, 0.4) is 0 Å². The fourth-order valence-electron chi connectivity index (χ4n) is 2.17. The lowest BCUT2D eigenvalue weighted by Gasteiger charge is -2.37. The molecule has 0 aromatic carbocycles. The van der Waals surface area contributed by atoms with E-state index in [1.54, 1.807) is 0 Å². The van der Waals surface area contributed by atoms with E-state index in [1.165, 1.54) is 12.8 Å². The number of amides is 1. The van der Waals surface area contributed by atoms with Crippen LogP contribution in [0.1, 0.15) is 53.4 Å². The zero-order valence-electron chi connectivity index (χ0n) is 11.6.